The van der Waals surface area contributed by atoms with Crippen molar-refractivity contribution in [3.63, 3.8) is 0 Å². The highest BCUT2D eigenvalue weighted by Gasteiger charge is 2.15. The second kappa shape index (κ2) is 9.03. The van der Waals surface area contributed by atoms with Gasteiger partial charge in [0, 0.05) is 30.6 Å². The van der Waals surface area contributed by atoms with Crippen LogP contribution in [0, 0.1) is 6.92 Å². The Labute approximate surface area is 152 Å². The Balaban J connectivity index is 1.52. The smallest absolute Gasteiger partial charge is 0.189 e. The van der Waals surface area contributed by atoms with Crippen molar-refractivity contribution in [2.24, 2.45) is 0 Å². The summed E-state index contributed by atoms with van der Waals surface area (Å²) < 4.78 is 11.0. The topological polar surface area (TPSA) is 67.7 Å². The highest BCUT2D eigenvalue weighted by molar-refractivity contribution is 7.99. The van der Waals surface area contributed by atoms with E-state index in [-0.39, 0.29) is 6.61 Å². The lowest BCUT2D eigenvalue weighted by Gasteiger charge is -2.28. The summed E-state index contributed by atoms with van der Waals surface area (Å²) in [5.74, 6) is 2.17. The van der Waals surface area contributed by atoms with Crippen LogP contribution in [0.15, 0.2) is 41.6 Å². The maximum atomic E-state index is 10.1. The molecule has 6 nitrogen and oxygen atoms in total. The Hall–Kier alpha value is -1.83. The van der Waals surface area contributed by atoms with Crippen LogP contribution in [0.1, 0.15) is 5.69 Å². The third-order valence-corrected chi connectivity index (χ3v) is 4.74. The van der Waals surface area contributed by atoms with Gasteiger partial charge < -0.3 is 19.5 Å². The van der Waals surface area contributed by atoms with Gasteiger partial charge in [-0.2, -0.15) is 0 Å². The van der Waals surface area contributed by atoms with Gasteiger partial charge in [0.15, 0.2) is 5.16 Å². The minimum absolute atomic E-state index is 0.249. The van der Waals surface area contributed by atoms with Crippen molar-refractivity contribution < 1.29 is 14.6 Å². The predicted molar refractivity (Wildman–Crippen MR) is 98.5 cm³/mol. The zero-order chi connectivity index (χ0) is 17.5. The summed E-state index contributed by atoms with van der Waals surface area (Å²) in [6.07, 6.45) is -0.582. The van der Waals surface area contributed by atoms with E-state index in [0.717, 1.165) is 43.6 Å². The third kappa shape index (κ3) is 5.59. The van der Waals surface area contributed by atoms with Crippen LogP contribution < -0.4 is 9.64 Å². The number of rotatable bonds is 7. The highest BCUT2D eigenvalue weighted by Crippen LogP contribution is 2.21. The highest BCUT2D eigenvalue weighted by atomic mass is 32.2. The summed E-state index contributed by atoms with van der Waals surface area (Å²) >= 11 is 1.45. The van der Waals surface area contributed by atoms with Gasteiger partial charge in [0.1, 0.15) is 18.2 Å². The molecule has 1 aromatic carbocycles. The Morgan fingerprint density at radius 2 is 2.00 bits per heavy atom. The van der Waals surface area contributed by atoms with Crippen LogP contribution in [-0.4, -0.2) is 59.8 Å². The zero-order valence-electron chi connectivity index (χ0n) is 14.3. The number of aromatic nitrogens is 2. The van der Waals surface area contributed by atoms with Crippen LogP contribution >= 0.6 is 11.8 Å². The number of hydrogen-bond donors (Lipinski definition) is 1. The Morgan fingerprint density at radius 3 is 2.76 bits per heavy atom. The number of aryl methyl sites for hydroxylation is 1. The van der Waals surface area contributed by atoms with E-state index >= 15 is 0 Å². The maximum absolute atomic E-state index is 10.1. The van der Waals surface area contributed by atoms with Crippen LogP contribution in [0.5, 0.6) is 5.75 Å². The maximum Gasteiger partial charge on any atom is 0.189 e. The predicted octanol–water partition coefficient (Wildman–Crippen LogP) is 2.15. The number of morpholine rings is 1. The van der Waals surface area contributed by atoms with E-state index in [1.165, 1.54) is 11.8 Å². The van der Waals surface area contributed by atoms with Crippen LogP contribution in [-0.2, 0) is 4.74 Å². The molecule has 0 radical (unpaired) electrons. The Morgan fingerprint density at radius 1 is 1.24 bits per heavy atom. The van der Waals surface area contributed by atoms with Crippen LogP contribution in [0.3, 0.4) is 0 Å². The van der Waals surface area contributed by atoms with Crippen molar-refractivity contribution in [2.75, 3.05) is 43.6 Å². The van der Waals surface area contributed by atoms with Crippen molar-refractivity contribution in [1.29, 1.82) is 0 Å². The Kier molecular flexibility index (Phi) is 6.49. The fourth-order valence-corrected chi connectivity index (χ4v) is 3.28. The van der Waals surface area contributed by atoms with Crippen molar-refractivity contribution in [3.05, 3.63) is 42.1 Å². The molecule has 0 bridgehead atoms. The van der Waals surface area contributed by atoms with Gasteiger partial charge in [-0.3, -0.25) is 0 Å². The molecule has 1 aromatic heterocycles. The van der Waals surface area contributed by atoms with Gasteiger partial charge in [-0.05, 0) is 19.1 Å². The van der Waals surface area contributed by atoms with Gasteiger partial charge in [0.25, 0.3) is 0 Å². The second-order valence-electron chi connectivity index (χ2n) is 5.84. The molecule has 1 aliphatic heterocycles. The molecule has 0 amide bonds. The third-order valence-electron chi connectivity index (χ3n) is 3.75. The first-order valence-electron chi connectivity index (χ1n) is 8.38. The minimum atomic E-state index is -0.582. The molecule has 3 rings (SSSR count). The minimum Gasteiger partial charge on any atom is -0.491 e. The van der Waals surface area contributed by atoms with Crippen molar-refractivity contribution in [1.82, 2.24) is 9.97 Å². The first kappa shape index (κ1) is 18.0. The number of para-hydroxylation sites is 1. The number of anilines is 1. The molecule has 2 heterocycles. The van der Waals surface area contributed by atoms with E-state index in [1.807, 2.05) is 43.3 Å². The first-order valence-corrected chi connectivity index (χ1v) is 9.36. The lowest BCUT2D eigenvalue weighted by atomic mass is 10.3. The lowest BCUT2D eigenvalue weighted by Crippen LogP contribution is -2.36. The zero-order valence-corrected chi connectivity index (χ0v) is 15.1. The molecule has 0 aliphatic carbocycles. The van der Waals surface area contributed by atoms with Crippen LogP contribution in [0.2, 0.25) is 0 Å². The Bertz CT molecular complexity index is 666. The molecular formula is C18H23N3O3S. The quantitative estimate of drug-likeness (QED) is 0.599. The van der Waals surface area contributed by atoms with Gasteiger partial charge in [0.2, 0.25) is 0 Å². The van der Waals surface area contributed by atoms with Gasteiger partial charge in [-0.15, -0.1) is 0 Å². The van der Waals surface area contributed by atoms with Crippen molar-refractivity contribution >= 4 is 17.6 Å². The number of benzene rings is 1. The molecule has 25 heavy (non-hydrogen) atoms. The summed E-state index contributed by atoms with van der Waals surface area (Å²) in [4.78, 5) is 11.3. The van der Waals surface area contributed by atoms with Gasteiger partial charge in [-0.25, -0.2) is 9.97 Å². The average Bonchev–Trinajstić information content (AvgIpc) is 2.66. The molecule has 7 heteroatoms. The molecule has 1 aliphatic rings. The summed E-state index contributed by atoms with van der Waals surface area (Å²) in [6.45, 7) is 5.34. The molecule has 0 unspecified atom stereocenters. The SMILES string of the molecule is Cc1cc(N2CCOCC2)nc(SC[C@@H](O)COc2ccccc2)n1. The summed E-state index contributed by atoms with van der Waals surface area (Å²) in [6, 6.07) is 11.5. The standard InChI is InChI=1S/C18H23N3O3S/c1-14-11-17(21-7-9-23-10-8-21)20-18(19-14)25-13-15(22)12-24-16-5-3-2-4-6-16/h2-6,11,15,22H,7-10,12-13H2,1H3/t15-/m0/s1. The second-order valence-corrected chi connectivity index (χ2v) is 6.83. The van der Waals surface area contributed by atoms with E-state index in [1.54, 1.807) is 0 Å². The van der Waals surface area contributed by atoms with E-state index in [9.17, 15) is 5.11 Å². The average molecular weight is 361 g/mol. The molecule has 2 aromatic rings. The molecule has 134 valence electrons. The lowest BCUT2D eigenvalue weighted by molar-refractivity contribution is 0.122. The van der Waals surface area contributed by atoms with Gasteiger partial charge in [0.05, 0.1) is 19.3 Å². The first-order chi connectivity index (χ1) is 12.2. The molecular weight excluding hydrogens is 338 g/mol. The van der Waals surface area contributed by atoms with E-state index in [0.29, 0.717) is 10.9 Å². The fraction of sp³-hybridized carbons (Fsp3) is 0.444. The van der Waals surface area contributed by atoms with Crippen LogP contribution in [0.4, 0.5) is 5.82 Å². The summed E-state index contributed by atoms with van der Waals surface area (Å²) in [5, 5.41) is 10.8. The normalized spacial score (nSPS) is 15.8. The van der Waals surface area contributed by atoms with E-state index in [4.69, 9.17) is 9.47 Å². The number of hydrogen-bond acceptors (Lipinski definition) is 7. The molecule has 1 N–H and O–H groups in total. The molecule has 0 saturated carbocycles. The largest absolute Gasteiger partial charge is 0.491 e. The number of thioether (sulfide) groups is 1. The number of aliphatic hydroxyl groups excluding tert-OH is 1. The van der Waals surface area contributed by atoms with Crippen molar-refractivity contribution in [2.45, 2.75) is 18.2 Å². The van der Waals surface area contributed by atoms with Gasteiger partial charge >= 0.3 is 0 Å². The van der Waals surface area contributed by atoms with Crippen molar-refractivity contribution in [3.8, 4) is 5.75 Å². The summed E-state index contributed by atoms with van der Waals surface area (Å²) in [5.41, 5.74) is 0.925. The number of ether oxygens (including phenoxy) is 2. The summed E-state index contributed by atoms with van der Waals surface area (Å²) in [7, 11) is 0. The van der Waals surface area contributed by atoms with Gasteiger partial charge in [-0.1, -0.05) is 30.0 Å². The van der Waals surface area contributed by atoms with E-state index in [2.05, 4.69) is 14.9 Å². The molecule has 1 atom stereocenters. The van der Waals surface area contributed by atoms with E-state index < -0.39 is 6.10 Å². The fourth-order valence-electron chi connectivity index (χ4n) is 2.47. The van der Waals surface area contributed by atoms with Crippen LogP contribution in [0.25, 0.3) is 0 Å². The monoisotopic (exact) mass is 361 g/mol. The molecule has 0 spiro atoms. The number of nitrogens with zero attached hydrogens (tertiary/aromatic N) is 3. The molecule has 1 fully saturated rings. The number of aliphatic hydroxyl groups is 1. The molecule has 1 saturated heterocycles.